The van der Waals surface area contributed by atoms with E-state index < -0.39 is 8.32 Å². The Labute approximate surface area is 195 Å². The first kappa shape index (κ1) is 24.7. The molecule has 2 aromatic carbocycles. The molecule has 3 atom stereocenters. The van der Waals surface area contributed by atoms with Crippen molar-refractivity contribution in [2.24, 2.45) is 5.92 Å². The van der Waals surface area contributed by atoms with Crippen LogP contribution in [0.4, 0.5) is 0 Å². The molecule has 0 spiro atoms. The van der Waals surface area contributed by atoms with Gasteiger partial charge in [-0.25, -0.2) is 0 Å². The lowest BCUT2D eigenvalue weighted by Gasteiger charge is -2.51. The SMILES string of the molecule is CC(O[Si](C)(C)C(C)(C)C)C1C(=O)N(Cc2ccccc2)C1CCOCc1ccccc1. The van der Waals surface area contributed by atoms with Crippen molar-refractivity contribution < 1.29 is 14.0 Å². The summed E-state index contributed by atoms with van der Waals surface area (Å²) < 4.78 is 12.6. The maximum Gasteiger partial charge on any atom is 0.230 e. The molecule has 1 fully saturated rings. The Morgan fingerprint density at radius 2 is 1.53 bits per heavy atom. The summed E-state index contributed by atoms with van der Waals surface area (Å²) in [6.45, 7) is 15.2. The van der Waals surface area contributed by atoms with E-state index in [1.54, 1.807) is 0 Å². The summed E-state index contributed by atoms with van der Waals surface area (Å²) in [5, 5.41) is 0.117. The zero-order valence-electron chi connectivity index (χ0n) is 20.5. The van der Waals surface area contributed by atoms with E-state index >= 15 is 0 Å². The van der Waals surface area contributed by atoms with Crippen LogP contribution in [0.15, 0.2) is 60.7 Å². The van der Waals surface area contributed by atoms with Crippen molar-refractivity contribution in [3.05, 3.63) is 71.8 Å². The molecule has 32 heavy (non-hydrogen) atoms. The smallest absolute Gasteiger partial charge is 0.230 e. The molecule has 0 bridgehead atoms. The fourth-order valence-corrected chi connectivity index (χ4v) is 5.57. The van der Waals surface area contributed by atoms with Crippen LogP contribution < -0.4 is 0 Å². The lowest BCUT2D eigenvalue weighted by Crippen LogP contribution is -2.65. The van der Waals surface area contributed by atoms with Crippen LogP contribution in [0.3, 0.4) is 0 Å². The lowest BCUT2D eigenvalue weighted by molar-refractivity contribution is -0.166. The molecule has 1 amide bonds. The van der Waals surface area contributed by atoms with E-state index in [1.807, 2.05) is 41.3 Å². The molecule has 0 radical (unpaired) electrons. The minimum Gasteiger partial charge on any atom is -0.413 e. The number of amides is 1. The summed E-state index contributed by atoms with van der Waals surface area (Å²) in [5.74, 6) is 0.0984. The average molecular weight is 454 g/mol. The highest BCUT2D eigenvalue weighted by Crippen LogP contribution is 2.41. The van der Waals surface area contributed by atoms with E-state index in [9.17, 15) is 4.79 Å². The number of rotatable bonds is 10. The molecule has 174 valence electrons. The Balaban J connectivity index is 1.66. The van der Waals surface area contributed by atoms with Gasteiger partial charge in [0.05, 0.1) is 18.6 Å². The predicted octanol–water partition coefficient (Wildman–Crippen LogP) is 6.03. The first-order chi connectivity index (χ1) is 15.1. The largest absolute Gasteiger partial charge is 0.413 e. The molecular weight excluding hydrogens is 414 g/mol. The first-order valence-electron chi connectivity index (χ1n) is 11.7. The van der Waals surface area contributed by atoms with Crippen molar-refractivity contribution in [3.63, 3.8) is 0 Å². The highest BCUT2D eigenvalue weighted by molar-refractivity contribution is 6.74. The molecule has 1 saturated heterocycles. The Bertz CT molecular complexity index is 863. The van der Waals surface area contributed by atoms with Crippen LogP contribution in [0.1, 0.15) is 45.2 Å². The summed E-state index contributed by atoms with van der Waals surface area (Å²) >= 11 is 0. The summed E-state index contributed by atoms with van der Waals surface area (Å²) in [4.78, 5) is 15.2. The van der Waals surface area contributed by atoms with Gasteiger partial charge >= 0.3 is 0 Å². The second-order valence-electron chi connectivity index (χ2n) is 10.5. The summed E-state index contributed by atoms with van der Waals surface area (Å²) in [6, 6.07) is 20.6. The average Bonchev–Trinajstić information content (AvgIpc) is 2.74. The van der Waals surface area contributed by atoms with Gasteiger partial charge in [0.1, 0.15) is 0 Å². The fraction of sp³-hybridized carbons (Fsp3) is 0.519. The minimum absolute atomic E-state index is 0.0884. The van der Waals surface area contributed by atoms with Crippen molar-refractivity contribution in [2.45, 2.75) is 77.5 Å². The van der Waals surface area contributed by atoms with Gasteiger partial charge in [0.15, 0.2) is 8.32 Å². The number of hydrogen-bond acceptors (Lipinski definition) is 3. The third kappa shape index (κ3) is 5.88. The molecule has 2 aromatic rings. The van der Waals surface area contributed by atoms with E-state index in [0.29, 0.717) is 19.8 Å². The van der Waals surface area contributed by atoms with Crippen LogP contribution in [-0.4, -0.2) is 37.9 Å². The van der Waals surface area contributed by atoms with E-state index in [4.69, 9.17) is 9.16 Å². The molecule has 0 N–H and O–H groups in total. The van der Waals surface area contributed by atoms with Gasteiger partial charge in [-0.1, -0.05) is 81.4 Å². The van der Waals surface area contributed by atoms with Gasteiger partial charge in [-0.3, -0.25) is 4.79 Å². The third-order valence-corrected chi connectivity index (χ3v) is 11.6. The Morgan fingerprint density at radius 1 is 0.969 bits per heavy atom. The van der Waals surface area contributed by atoms with E-state index in [-0.39, 0.29) is 29.0 Å². The van der Waals surface area contributed by atoms with Gasteiger partial charge in [0.2, 0.25) is 5.91 Å². The second kappa shape index (κ2) is 10.3. The molecular formula is C27H39NO3Si. The van der Waals surface area contributed by atoms with Crippen molar-refractivity contribution in [2.75, 3.05) is 6.61 Å². The monoisotopic (exact) mass is 453 g/mol. The van der Waals surface area contributed by atoms with Gasteiger partial charge in [-0.15, -0.1) is 0 Å². The van der Waals surface area contributed by atoms with Crippen LogP contribution in [-0.2, 0) is 27.1 Å². The number of benzene rings is 2. The summed E-state index contributed by atoms with van der Waals surface area (Å²) in [6.07, 6.45) is 0.732. The standard InChI is InChI=1S/C27H39NO3Si/c1-21(31-32(5,6)27(2,3)4)25-24(17-18-30-20-23-15-11-8-12-16-23)28(26(25)29)19-22-13-9-7-10-14-22/h7-16,21,24-25H,17-20H2,1-6H3. The van der Waals surface area contributed by atoms with Crippen LogP contribution in [0.2, 0.25) is 18.1 Å². The molecule has 0 aliphatic carbocycles. The van der Waals surface area contributed by atoms with Gasteiger partial charge in [-0.05, 0) is 42.6 Å². The summed E-state index contributed by atoms with van der Waals surface area (Å²) in [7, 11) is -1.95. The molecule has 0 saturated carbocycles. The zero-order valence-corrected chi connectivity index (χ0v) is 21.5. The number of carbonyl (C=O) groups is 1. The molecule has 1 aliphatic heterocycles. The van der Waals surface area contributed by atoms with E-state index in [1.165, 1.54) is 5.56 Å². The highest BCUT2D eigenvalue weighted by Gasteiger charge is 2.51. The molecule has 5 heteroatoms. The molecule has 3 rings (SSSR count). The molecule has 3 unspecified atom stereocenters. The van der Waals surface area contributed by atoms with E-state index in [2.05, 4.69) is 65.1 Å². The highest BCUT2D eigenvalue weighted by atomic mass is 28.4. The zero-order chi connectivity index (χ0) is 23.4. The number of ether oxygens (including phenoxy) is 1. The maximum absolute atomic E-state index is 13.2. The number of hydrogen-bond donors (Lipinski definition) is 0. The summed E-state index contributed by atoms with van der Waals surface area (Å²) in [5.41, 5.74) is 2.33. The number of carbonyl (C=O) groups excluding carboxylic acids is 1. The lowest BCUT2D eigenvalue weighted by atomic mass is 9.81. The van der Waals surface area contributed by atoms with Crippen LogP contribution in [0.25, 0.3) is 0 Å². The normalized spacial score (nSPS) is 20.2. The van der Waals surface area contributed by atoms with Crippen LogP contribution in [0, 0.1) is 5.92 Å². The maximum atomic E-state index is 13.2. The van der Waals surface area contributed by atoms with Gasteiger partial charge in [0, 0.05) is 19.2 Å². The van der Waals surface area contributed by atoms with Crippen molar-refractivity contribution in [1.29, 1.82) is 0 Å². The predicted molar refractivity (Wildman–Crippen MR) is 133 cm³/mol. The van der Waals surface area contributed by atoms with Crippen LogP contribution in [0.5, 0.6) is 0 Å². The van der Waals surface area contributed by atoms with Crippen molar-refractivity contribution in [1.82, 2.24) is 4.90 Å². The van der Waals surface area contributed by atoms with Gasteiger partial charge < -0.3 is 14.1 Å². The number of β-lactam (4-membered cyclic amide) rings is 1. The quantitative estimate of drug-likeness (QED) is 0.250. The number of likely N-dealkylation sites (tertiary alicyclic amines) is 1. The van der Waals surface area contributed by atoms with E-state index in [0.717, 1.165) is 12.0 Å². The molecule has 1 heterocycles. The first-order valence-corrected chi connectivity index (χ1v) is 14.6. The molecule has 4 nitrogen and oxygen atoms in total. The second-order valence-corrected chi connectivity index (χ2v) is 15.2. The Morgan fingerprint density at radius 3 is 2.09 bits per heavy atom. The topological polar surface area (TPSA) is 38.8 Å². The van der Waals surface area contributed by atoms with Gasteiger partial charge in [-0.2, -0.15) is 0 Å². The Hall–Kier alpha value is -1.95. The Kier molecular flexibility index (Phi) is 7.96. The number of nitrogens with zero attached hydrogens (tertiary/aromatic N) is 1. The van der Waals surface area contributed by atoms with Crippen molar-refractivity contribution in [3.8, 4) is 0 Å². The minimum atomic E-state index is -1.95. The third-order valence-electron chi connectivity index (χ3n) is 7.04. The van der Waals surface area contributed by atoms with Crippen LogP contribution >= 0.6 is 0 Å². The van der Waals surface area contributed by atoms with Gasteiger partial charge in [0.25, 0.3) is 0 Å². The molecule has 1 aliphatic rings. The fourth-order valence-electron chi connectivity index (χ4n) is 4.14. The molecule has 0 aromatic heterocycles. The van der Waals surface area contributed by atoms with Crippen molar-refractivity contribution >= 4 is 14.2 Å².